The Hall–Kier alpha value is -2.03. The molecular formula is C29H40O7S. The Morgan fingerprint density at radius 3 is 2.38 bits per heavy atom. The molecule has 3 saturated carbocycles. The van der Waals surface area contributed by atoms with Crippen LogP contribution >= 0.6 is 0 Å². The van der Waals surface area contributed by atoms with Gasteiger partial charge < -0.3 is 10.2 Å². The number of carboxylic acid groups (broad SMARTS) is 1. The first kappa shape index (κ1) is 28.0. The standard InChI is InChI=1S/C29H40O7S/c1-7-27(5)16-21(23(26(32)33)36-37(34,35)20-10-8-17(2)9-11-20)28(6)18(3)12-14-29(19(4)25(27)31)15-13-22(30)24(28)29/h7-11,18-19,21,23-25,31H,1,12-16H2,2-6H3,(H,32,33)/t18-,19+,21+,23?,24+,25+,27-,28-,29+/m1/s1. The number of Topliss-reactive ketones (excluding diaryl/α,β-unsaturated/α-hetero) is 1. The molecule has 0 saturated heterocycles. The van der Waals surface area contributed by atoms with Gasteiger partial charge in [0.1, 0.15) is 5.78 Å². The fraction of sp³-hybridized carbons (Fsp3) is 0.655. The molecule has 8 heteroatoms. The van der Waals surface area contributed by atoms with Crippen LogP contribution < -0.4 is 0 Å². The Bertz CT molecular complexity index is 1190. The van der Waals surface area contributed by atoms with E-state index < -0.39 is 56.4 Å². The predicted octanol–water partition coefficient (Wildman–Crippen LogP) is 4.76. The third-order valence-electron chi connectivity index (χ3n) is 10.6. The number of aliphatic hydroxyl groups excluding tert-OH is 1. The summed E-state index contributed by atoms with van der Waals surface area (Å²) >= 11 is 0. The fourth-order valence-electron chi connectivity index (χ4n) is 8.09. The quantitative estimate of drug-likeness (QED) is 0.400. The molecule has 3 aliphatic carbocycles. The van der Waals surface area contributed by atoms with Crippen LogP contribution in [0.5, 0.6) is 0 Å². The van der Waals surface area contributed by atoms with E-state index in [-0.39, 0.29) is 28.9 Å². The highest BCUT2D eigenvalue weighted by molar-refractivity contribution is 7.86. The largest absolute Gasteiger partial charge is 0.479 e. The number of ketones is 1. The number of aliphatic hydroxyl groups is 1. The van der Waals surface area contributed by atoms with E-state index in [9.17, 15) is 28.2 Å². The van der Waals surface area contributed by atoms with Gasteiger partial charge in [-0.2, -0.15) is 8.42 Å². The highest BCUT2D eigenvalue weighted by Gasteiger charge is 2.69. The number of rotatable bonds is 6. The molecule has 2 bridgehead atoms. The zero-order valence-corrected chi connectivity index (χ0v) is 23.3. The zero-order valence-electron chi connectivity index (χ0n) is 22.4. The molecule has 0 heterocycles. The lowest BCUT2D eigenvalue weighted by molar-refractivity contribution is -0.193. The summed E-state index contributed by atoms with van der Waals surface area (Å²) in [7, 11) is -4.42. The topological polar surface area (TPSA) is 118 Å². The lowest BCUT2D eigenvalue weighted by Gasteiger charge is -2.63. The third-order valence-corrected chi connectivity index (χ3v) is 11.9. The molecule has 0 amide bonds. The fourth-order valence-corrected chi connectivity index (χ4v) is 9.16. The van der Waals surface area contributed by atoms with Crippen LogP contribution in [0.25, 0.3) is 0 Å². The van der Waals surface area contributed by atoms with Crippen LogP contribution in [0.3, 0.4) is 0 Å². The molecule has 0 spiro atoms. The van der Waals surface area contributed by atoms with E-state index in [0.717, 1.165) is 18.4 Å². The van der Waals surface area contributed by atoms with Gasteiger partial charge >= 0.3 is 5.97 Å². The average molecular weight is 533 g/mol. The van der Waals surface area contributed by atoms with Crippen molar-refractivity contribution >= 4 is 21.9 Å². The first-order valence-electron chi connectivity index (χ1n) is 13.2. The molecule has 37 heavy (non-hydrogen) atoms. The predicted molar refractivity (Wildman–Crippen MR) is 139 cm³/mol. The van der Waals surface area contributed by atoms with E-state index in [1.54, 1.807) is 18.2 Å². The summed E-state index contributed by atoms with van der Waals surface area (Å²) in [5, 5.41) is 22.1. The monoisotopic (exact) mass is 532 g/mol. The average Bonchev–Trinajstić information content (AvgIpc) is 3.20. The molecule has 3 fully saturated rings. The van der Waals surface area contributed by atoms with Gasteiger partial charge in [0.2, 0.25) is 0 Å². The van der Waals surface area contributed by atoms with Crippen LogP contribution in [-0.2, 0) is 23.9 Å². The van der Waals surface area contributed by atoms with Crippen LogP contribution in [0.2, 0.25) is 0 Å². The second kappa shape index (κ2) is 9.31. The van der Waals surface area contributed by atoms with Crippen molar-refractivity contribution in [2.24, 2.45) is 39.9 Å². The van der Waals surface area contributed by atoms with Crippen molar-refractivity contribution in [2.45, 2.75) is 83.8 Å². The van der Waals surface area contributed by atoms with Crippen LogP contribution in [0.4, 0.5) is 0 Å². The normalized spacial score (nSPS) is 40.8. The molecule has 1 aromatic rings. The number of carboxylic acids is 1. The number of benzene rings is 1. The minimum atomic E-state index is -4.42. The molecule has 1 unspecified atom stereocenters. The van der Waals surface area contributed by atoms with Gasteiger partial charge in [-0.15, -0.1) is 6.58 Å². The van der Waals surface area contributed by atoms with Gasteiger partial charge in [-0.3, -0.25) is 8.98 Å². The molecular weight excluding hydrogens is 492 g/mol. The first-order chi connectivity index (χ1) is 17.1. The number of hydrogen-bond acceptors (Lipinski definition) is 6. The maximum absolute atomic E-state index is 13.6. The summed E-state index contributed by atoms with van der Waals surface area (Å²) in [5.74, 6) is -2.93. The summed E-state index contributed by atoms with van der Waals surface area (Å²) in [6.07, 6.45) is 1.72. The lowest BCUT2D eigenvalue weighted by Crippen LogP contribution is -2.63. The van der Waals surface area contributed by atoms with Crippen molar-refractivity contribution in [1.82, 2.24) is 0 Å². The Kier molecular flexibility index (Phi) is 7.04. The van der Waals surface area contributed by atoms with E-state index in [0.29, 0.717) is 12.8 Å². The van der Waals surface area contributed by atoms with E-state index in [2.05, 4.69) is 6.58 Å². The van der Waals surface area contributed by atoms with Crippen molar-refractivity contribution in [3.63, 3.8) is 0 Å². The third kappa shape index (κ3) is 4.20. The zero-order chi connectivity index (χ0) is 27.6. The Morgan fingerprint density at radius 2 is 1.81 bits per heavy atom. The Balaban J connectivity index is 1.91. The minimum absolute atomic E-state index is 0.0540. The van der Waals surface area contributed by atoms with Gasteiger partial charge in [-0.25, -0.2) is 4.79 Å². The van der Waals surface area contributed by atoms with Gasteiger partial charge in [0.25, 0.3) is 10.1 Å². The maximum atomic E-state index is 13.6. The smallest absolute Gasteiger partial charge is 0.334 e. The van der Waals surface area contributed by atoms with Gasteiger partial charge in [-0.05, 0) is 67.4 Å². The number of carbonyl (C=O) groups excluding carboxylic acids is 1. The van der Waals surface area contributed by atoms with Crippen LogP contribution in [0.1, 0.15) is 65.4 Å². The van der Waals surface area contributed by atoms with Crippen molar-refractivity contribution in [3.8, 4) is 0 Å². The van der Waals surface area contributed by atoms with Gasteiger partial charge in [-0.1, -0.05) is 51.5 Å². The van der Waals surface area contributed by atoms with Crippen molar-refractivity contribution in [2.75, 3.05) is 0 Å². The molecule has 7 nitrogen and oxygen atoms in total. The van der Waals surface area contributed by atoms with E-state index in [1.165, 1.54) is 12.1 Å². The molecule has 204 valence electrons. The number of aliphatic carboxylic acids is 1. The van der Waals surface area contributed by atoms with Crippen LogP contribution in [-0.4, -0.2) is 42.6 Å². The molecule has 0 radical (unpaired) electrons. The highest BCUT2D eigenvalue weighted by atomic mass is 32.2. The number of carbonyl (C=O) groups is 2. The Morgan fingerprint density at radius 1 is 1.19 bits per heavy atom. The van der Waals surface area contributed by atoms with Gasteiger partial charge in [0.15, 0.2) is 6.10 Å². The molecule has 2 N–H and O–H groups in total. The van der Waals surface area contributed by atoms with Gasteiger partial charge in [0.05, 0.1) is 11.0 Å². The summed E-state index contributed by atoms with van der Waals surface area (Å²) < 4.78 is 32.3. The second-order valence-corrected chi connectivity index (χ2v) is 13.9. The maximum Gasteiger partial charge on any atom is 0.334 e. The molecule has 3 aliphatic rings. The molecule has 0 aliphatic heterocycles. The lowest BCUT2D eigenvalue weighted by atomic mass is 9.41. The molecule has 0 aromatic heterocycles. The highest BCUT2D eigenvalue weighted by Crippen LogP contribution is 2.69. The summed E-state index contributed by atoms with van der Waals surface area (Å²) in [5.41, 5.74) is -1.38. The van der Waals surface area contributed by atoms with Crippen LogP contribution in [0.15, 0.2) is 41.8 Å². The molecule has 4 rings (SSSR count). The number of hydrogen-bond donors (Lipinski definition) is 2. The molecule has 1 aromatic carbocycles. The number of aryl methyl sites for hydroxylation is 1. The first-order valence-corrected chi connectivity index (χ1v) is 14.6. The van der Waals surface area contributed by atoms with Gasteiger partial charge in [0, 0.05) is 23.7 Å². The van der Waals surface area contributed by atoms with E-state index in [1.807, 2.05) is 34.6 Å². The summed E-state index contributed by atoms with van der Waals surface area (Å²) in [4.78, 5) is 26.3. The van der Waals surface area contributed by atoms with Crippen molar-refractivity contribution in [1.29, 1.82) is 0 Å². The van der Waals surface area contributed by atoms with Crippen molar-refractivity contribution < 1.29 is 32.4 Å². The Labute approximate surface area is 220 Å². The second-order valence-electron chi connectivity index (χ2n) is 12.3. The molecule has 9 atom stereocenters. The van der Waals surface area contributed by atoms with Crippen molar-refractivity contribution in [3.05, 3.63) is 42.5 Å². The summed E-state index contributed by atoms with van der Waals surface area (Å²) in [6, 6.07) is 6.06. The van der Waals surface area contributed by atoms with Crippen LogP contribution in [0, 0.1) is 46.8 Å². The minimum Gasteiger partial charge on any atom is -0.479 e. The van der Waals surface area contributed by atoms with E-state index in [4.69, 9.17) is 4.18 Å². The SMILES string of the molecule is C=C[C@]1(C)C[C@@H](C(OS(=O)(=O)c2ccc(C)cc2)C(=O)O)[C@@]2(C)[C@H](C)CC[C@]3(CCC(=O)[C@H]32)[C@@H](C)[C@@H]1O. The van der Waals surface area contributed by atoms with E-state index >= 15 is 0 Å². The summed E-state index contributed by atoms with van der Waals surface area (Å²) in [6.45, 7) is 13.6.